The Hall–Kier alpha value is -1.91. The van der Waals surface area contributed by atoms with E-state index < -0.39 is 0 Å². The van der Waals surface area contributed by atoms with E-state index in [0.29, 0.717) is 18.6 Å². The first-order chi connectivity index (χ1) is 13.2. The molecular formula is C23H29FN2O. The summed E-state index contributed by atoms with van der Waals surface area (Å²) in [4.78, 5) is 5.15. The topological polar surface area (TPSA) is 15.7 Å². The third-order valence-electron chi connectivity index (χ3n) is 6.06. The second-order valence-electron chi connectivity index (χ2n) is 7.72. The van der Waals surface area contributed by atoms with Crippen LogP contribution in [-0.4, -0.2) is 43.7 Å². The molecule has 0 aliphatic carbocycles. The van der Waals surface area contributed by atoms with E-state index in [0.717, 1.165) is 44.8 Å². The average molecular weight is 368 g/mol. The Labute approximate surface area is 161 Å². The molecule has 0 aromatic heterocycles. The molecule has 0 spiro atoms. The number of halogens is 1. The molecule has 4 rings (SSSR count). The molecule has 0 unspecified atom stereocenters. The minimum Gasteiger partial charge on any atom is -0.376 e. The Balaban J connectivity index is 1.43. The lowest BCUT2D eigenvalue weighted by molar-refractivity contribution is 0.0420. The van der Waals surface area contributed by atoms with Crippen LogP contribution >= 0.6 is 0 Å². The summed E-state index contributed by atoms with van der Waals surface area (Å²) in [5.41, 5.74) is 3.92. The molecule has 0 bridgehead atoms. The fourth-order valence-electron chi connectivity index (χ4n) is 4.57. The number of nitrogens with zero attached hydrogens (tertiary/aromatic N) is 2. The van der Waals surface area contributed by atoms with Gasteiger partial charge < -0.3 is 14.5 Å². The lowest BCUT2D eigenvalue weighted by Crippen LogP contribution is -2.52. The number of rotatable bonds is 6. The lowest BCUT2D eigenvalue weighted by atomic mass is 9.91. The van der Waals surface area contributed by atoms with Crippen molar-refractivity contribution in [2.24, 2.45) is 5.92 Å². The zero-order chi connectivity index (χ0) is 18.6. The molecule has 0 amide bonds. The summed E-state index contributed by atoms with van der Waals surface area (Å²) in [5.74, 6) is 0.294. The van der Waals surface area contributed by atoms with Crippen LogP contribution in [0.25, 0.3) is 0 Å². The number of hydrogen-bond donors (Lipinski definition) is 0. The van der Waals surface area contributed by atoms with E-state index in [4.69, 9.17) is 4.74 Å². The van der Waals surface area contributed by atoms with Crippen molar-refractivity contribution in [2.75, 3.05) is 37.7 Å². The standard InChI is InChI=1S/C23H29FN2O/c1-2-25-13-12-23(26-14-11-19-5-3-4-6-22(19)26)20(15-25)17-27-16-18-7-9-21(24)10-8-18/h3-10,20,23H,2,11-17H2,1H3/t20-,23-/m1/s1. The van der Waals surface area contributed by atoms with Crippen molar-refractivity contribution in [1.82, 2.24) is 4.90 Å². The first kappa shape index (κ1) is 18.5. The summed E-state index contributed by atoms with van der Waals surface area (Å²) in [6, 6.07) is 16.0. The molecule has 1 saturated heterocycles. The molecule has 144 valence electrons. The van der Waals surface area contributed by atoms with E-state index in [9.17, 15) is 4.39 Å². The highest BCUT2D eigenvalue weighted by Gasteiger charge is 2.35. The van der Waals surface area contributed by atoms with Crippen LogP contribution in [0.5, 0.6) is 0 Å². The molecule has 27 heavy (non-hydrogen) atoms. The van der Waals surface area contributed by atoms with E-state index in [2.05, 4.69) is 41.0 Å². The highest BCUT2D eigenvalue weighted by atomic mass is 19.1. The van der Waals surface area contributed by atoms with Gasteiger partial charge in [0.2, 0.25) is 0 Å². The van der Waals surface area contributed by atoms with E-state index >= 15 is 0 Å². The predicted molar refractivity (Wildman–Crippen MR) is 108 cm³/mol. The van der Waals surface area contributed by atoms with Gasteiger partial charge in [0.05, 0.1) is 13.2 Å². The second-order valence-corrected chi connectivity index (χ2v) is 7.72. The molecule has 2 aliphatic rings. The normalized spacial score (nSPS) is 22.8. The van der Waals surface area contributed by atoms with Gasteiger partial charge in [0, 0.05) is 37.3 Å². The predicted octanol–water partition coefficient (Wildman–Crippen LogP) is 4.12. The van der Waals surface area contributed by atoms with E-state index in [1.807, 2.05) is 12.1 Å². The molecule has 2 aliphatic heterocycles. The van der Waals surface area contributed by atoms with Crippen molar-refractivity contribution >= 4 is 5.69 Å². The molecule has 2 aromatic rings. The van der Waals surface area contributed by atoms with Gasteiger partial charge in [-0.05, 0) is 48.7 Å². The van der Waals surface area contributed by atoms with Gasteiger partial charge in [-0.3, -0.25) is 0 Å². The Morgan fingerprint density at radius 1 is 1.07 bits per heavy atom. The molecule has 2 aromatic carbocycles. The Kier molecular flexibility index (Phi) is 5.74. The quantitative estimate of drug-likeness (QED) is 0.763. The summed E-state index contributed by atoms with van der Waals surface area (Å²) >= 11 is 0. The van der Waals surface area contributed by atoms with Crippen LogP contribution in [-0.2, 0) is 17.8 Å². The molecule has 2 heterocycles. The maximum atomic E-state index is 13.1. The zero-order valence-corrected chi connectivity index (χ0v) is 16.1. The number of benzene rings is 2. The van der Waals surface area contributed by atoms with E-state index in [1.54, 1.807) is 0 Å². The van der Waals surface area contributed by atoms with Gasteiger partial charge in [-0.25, -0.2) is 4.39 Å². The third-order valence-corrected chi connectivity index (χ3v) is 6.06. The van der Waals surface area contributed by atoms with Crippen molar-refractivity contribution in [3.05, 3.63) is 65.5 Å². The van der Waals surface area contributed by atoms with E-state index in [1.165, 1.54) is 29.8 Å². The number of anilines is 1. The molecular weight excluding hydrogens is 339 g/mol. The minimum absolute atomic E-state index is 0.197. The average Bonchev–Trinajstić information content (AvgIpc) is 3.13. The monoisotopic (exact) mass is 368 g/mol. The van der Waals surface area contributed by atoms with E-state index in [-0.39, 0.29) is 5.82 Å². The molecule has 0 N–H and O–H groups in total. The van der Waals surface area contributed by atoms with Crippen LogP contribution in [0.1, 0.15) is 24.5 Å². The summed E-state index contributed by atoms with van der Waals surface area (Å²) in [6.07, 6.45) is 2.33. The highest BCUT2D eigenvalue weighted by molar-refractivity contribution is 5.58. The smallest absolute Gasteiger partial charge is 0.123 e. The summed E-state index contributed by atoms with van der Waals surface area (Å²) in [7, 11) is 0. The van der Waals surface area contributed by atoms with Gasteiger partial charge in [0.25, 0.3) is 0 Å². The van der Waals surface area contributed by atoms with Gasteiger partial charge in [-0.1, -0.05) is 37.3 Å². The Morgan fingerprint density at radius 3 is 2.70 bits per heavy atom. The van der Waals surface area contributed by atoms with Crippen LogP contribution in [0.4, 0.5) is 10.1 Å². The Morgan fingerprint density at radius 2 is 1.89 bits per heavy atom. The van der Waals surface area contributed by atoms with Crippen molar-refractivity contribution in [3.63, 3.8) is 0 Å². The SMILES string of the molecule is CCN1CC[C@@H](N2CCc3ccccc32)[C@@H](COCc2ccc(F)cc2)C1. The van der Waals surface area contributed by atoms with Gasteiger partial charge in [0.1, 0.15) is 5.82 Å². The lowest BCUT2D eigenvalue weighted by Gasteiger charge is -2.43. The fourth-order valence-corrected chi connectivity index (χ4v) is 4.57. The summed E-state index contributed by atoms with van der Waals surface area (Å²) in [6.45, 7) is 7.99. The maximum absolute atomic E-state index is 13.1. The molecule has 1 fully saturated rings. The first-order valence-corrected chi connectivity index (χ1v) is 10.1. The minimum atomic E-state index is -0.197. The Bertz CT molecular complexity index is 748. The largest absolute Gasteiger partial charge is 0.376 e. The van der Waals surface area contributed by atoms with Crippen LogP contribution in [0.2, 0.25) is 0 Å². The van der Waals surface area contributed by atoms with Gasteiger partial charge >= 0.3 is 0 Å². The fraction of sp³-hybridized carbons (Fsp3) is 0.478. The molecule has 2 atom stereocenters. The molecule has 3 nitrogen and oxygen atoms in total. The van der Waals surface area contributed by atoms with Crippen LogP contribution in [0.15, 0.2) is 48.5 Å². The molecule has 0 saturated carbocycles. The van der Waals surface area contributed by atoms with Crippen LogP contribution < -0.4 is 4.90 Å². The number of piperidine rings is 1. The number of ether oxygens (including phenoxy) is 1. The molecule has 4 heteroatoms. The van der Waals surface area contributed by atoms with Crippen LogP contribution in [0.3, 0.4) is 0 Å². The van der Waals surface area contributed by atoms with Crippen molar-refractivity contribution in [1.29, 1.82) is 0 Å². The zero-order valence-electron chi connectivity index (χ0n) is 16.1. The number of fused-ring (bicyclic) bond motifs is 1. The van der Waals surface area contributed by atoms with Gasteiger partial charge in [-0.2, -0.15) is 0 Å². The highest BCUT2D eigenvalue weighted by Crippen LogP contribution is 2.34. The number of likely N-dealkylation sites (tertiary alicyclic amines) is 1. The maximum Gasteiger partial charge on any atom is 0.123 e. The van der Waals surface area contributed by atoms with Gasteiger partial charge in [0.15, 0.2) is 0 Å². The summed E-state index contributed by atoms with van der Waals surface area (Å²) < 4.78 is 19.2. The first-order valence-electron chi connectivity index (χ1n) is 10.1. The molecule has 0 radical (unpaired) electrons. The van der Waals surface area contributed by atoms with Crippen molar-refractivity contribution in [2.45, 2.75) is 32.4 Å². The van der Waals surface area contributed by atoms with Crippen LogP contribution in [0, 0.1) is 11.7 Å². The third kappa shape index (κ3) is 4.17. The van der Waals surface area contributed by atoms with Gasteiger partial charge in [-0.15, -0.1) is 0 Å². The van der Waals surface area contributed by atoms with Crippen molar-refractivity contribution in [3.8, 4) is 0 Å². The summed E-state index contributed by atoms with van der Waals surface area (Å²) in [5, 5.41) is 0. The second kappa shape index (κ2) is 8.41. The number of para-hydroxylation sites is 1. The van der Waals surface area contributed by atoms with Crippen molar-refractivity contribution < 1.29 is 9.13 Å². The number of hydrogen-bond acceptors (Lipinski definition) is 3.